The van der Waals surface area contributed by atoms with Crippen molar-refractivity contribution in [3.05, 3.63) is 41.7 Å². The summed E-state index contributed by atoms with van der Waals surface area (Å²) in [5.41, 5.74) is 1.28. The van der Waals surface area contributed by atoms with Crippen molar-refractivity contribution in [3.63, 3.8) is 0 Å². The summed E-state index contributed by atoms with van der Waals surface area (Å²) in [6, 6.07) is 6.91. The van der Waals surface area contributed by atoms with Crippen LogP contribution in [-0.2, 0) is 9.53 Å². The molecular formula is C15H16N2O3. The van der Waals surface area contributed by atoms with E-state index in [1.54, 1.807) is 13.1 Å². The molecule has 0 fully saturated rings. The van der Waals surface area contributed by atoms with Crippen molar-refractivity contribution in [2.45, 2.75) is 19.9 Å². The van der Waals surface area contributed by atoms with Gasteiger partial charge in [0.05, 0.1) is 7.11 Å². The van der Waals surface area contributed by atoms with Crippen LogP contribution in [0.5, 0.6) is 0 Å². The normalized spacial score (nSPS) is 11.9. The lowest BCUT2D eigenvalue weighted by atomic mass is 10.0. The van der Waals surface area contributed by atoms with Gasteiger partial charge in [0.15, 0.2) is 0 Å². The summed E-state index contributed by atoms with van der Waals surface area (Å²) in [5, 5.41) is 4.33. The number of benzene rings is 1. The molecule has 2 rings (SSSR count). The van der Waals surface area contributed by atoms with Crippen LogP contribution < -0.4 is 5.32 Å². The van der Waals surface area contributed by atoms with Crippen molar-refractivity contribution in [1.29, 1.82) is 0 Å². The molecule has 1 atom stereocenters. The number of carbonyl (C=O) groups is 2. The minimum absolute atomic E-state index is 0.316. The first-order valence-corrected chi connectivity index (χ1v) is 6.27. The molecular weight excluding hydrogens is 256 g/mol. The van der Waals surface area contributed by atoms with Crippen LogP contribution in [0.4, 0.5) is 0 Å². The molecule has 0 aliphatic heterocycles. The third kappa shape index (κ3) is 2.61. The number of pyridine rings is 1. The van der Waals surface area contributed by atoms with E-state index >= 15 is 0 Å². The maximum atomic E-state index is 12.3. The highest BCUT2D eigenvalue weighted by Crippen LogP contribution is 2.20. The Bertz CT molecular complexity index is 662. The number of nitrogens with one attached hydrogen (secondary N) is 1. The molecule has 1 aromatic heterocycles. The third-order valence-electron chi connectivity index (χ3n) is 3.12. The van der Waals surface area contributed by atoms with Gasteiger partial charge in [0, 0.05) is 11.6 Å². The number of amides is 1. The third-order valence-corrected chi connectivity index (χ3v) is 3.12. The number of aryl methyl sites for hydroxylation is 1. The molecule has 0 spiro atoms. The molecule has 1 amide bonds. The summed E-state index contributed by atoms with van der Waals surface area (Å²) >= 11 is 0. The summed E-state index contributed by atoms with van der Waals surface area (Å²) in [4.78, 5) is 27.8. The van der Waals surface area contributed by atoms with Gasteiger partial charge in [-0.25, -0.2) is 4.79 Å². The zero-order valence-corrected chi connectivity index (χ0v) is 11.6. The smallest absolute Gasteiger partial charge is 0.328 e. The second-order valence-corrected chi connectivity index (χ2v) is 4.55. The van der Waals surface area contributed by atoms with Crippen LogP contribution in [0.3, 0.4) is 0 Å². The number of esters is 1. The molecule has 0 aliphatic rings. The molecule has 104 valence electrons. The molecule has 20 heavy (non-hydrogen) atoms. The number of methoxy groups -OCH3 is 1. The lowest BCUT2D eigenvalue weighted by molar-refractivity contribution is -0.142. The first-order valence-electron chi connectivity index (χ1n) is 6.27. The molecule has 0 saturated carbocycles. The zero-order valence-electron chi connectivity index (χ0n) is 11.6. The first-order chi connectivity index (χ1) is 9.54. The van der Waals surface area contributed by atoms with E-state index in [0.29, 0.717) is 5.69 Å². The standard InChI is InChI=1S/C15H16N2O3/c1-9-5-4-6-11-7-8-16-13(12(9)11)14(18)17-10(2)15(19)20-3/h4-8,10H,1-3H3,(H,17,18). The Morgan fingerprint density at radius 3 is 2.75 bits per heavy atom. The number of aromatic nitrogens is 1. The van der Waals surface area contributed by atoms with Gasteiger partial charge in [-0.2, -0.15) is 0 Å². The Balaban J connectivity index is 2.38. The van der Waals surface area contributed by atoms with Crippen molar-refractivity contribution in [1.82, 2.24) is 10.3 Å². The van der Waals surface area contributed by atoms with Gasteiger partial charge in [0.25, 0.3) is 5.91 Å². The molecule has 0 saturated heterocycles. The van der Waals surface area contributed by atoms with Gasteiger partial charge in [0.2, 0.25) is 0 Å². The van der Waals surface area contributed by atoms with Gasteiger partial charge < -0.3 is 10.1 Å². The average molecular weight is 272 g/mol. The highest BCUT2D eigenvalue weighted by atomic mass is 16.5. The Hall–Kier alpha value is -2.43. The Morgan fingerprint density at radius 2 is 2.05 bits per heavy atom. The van der Waals surface area contributed by atoms with Gasteiger partial charge in [-0.1, -0.05) is 18.2 Å². The van der Waals surface area contributed by atoms with Gasteiger partial charge in [0.1, 0.15) is 11.7 Å². The van der Waals surface area contributed by atoms with Gasteiger partial charge in [-0.05, 0) is 30.9 Å². The molecule has 0 bridgehead atoms. The van der Waals surface area contributed by atoms with Crippen LogP contribution >= 0.6 is 0 Å². The lowest BCUT2D eigenvalue weighted by Crippen LogP contribution is -2.39. The molecule has 1 heterocycles. The van der Waals surface area contributed by atoms with E-state index in [4.69, 9.17) is 0 Å². The predicted molar refractivity (Wildman–Crippen MR) is 75.4 cm³/mol. The SMILES string of the molecule is COC(=O)C(C)NC(=O)c1nccc2cccc(C)c12. The van der Waals surface area contributed by atoms with Crippen molar-refractivity contribution >= 4 is 22.6 Å². The number of nitrogens with zero attached hydrogens (tertiary/aromatic N) is 1. The van der Waals surface area contributed by atoms with Crippen LogP contribution in [0, 0.1) is 6.92 Å². The summed E-state index contributed by atoms with van der Waals surface area (Å²) in [5.74, 6) is -0.877. The highest BCUT2D eigenvalue weighted by Gasteiger charge is 2.19. The summed E-state index contributed by atoms with van der Waals surface area (Å²) in [6.45, 7) is 3.49. The van der Waals surface area contributed by atoms with E-state index in [1.165, 1.54) is 7.11 Å². The van der Waals surface area contributed by atoms with E-state index in [1.807, 2.05) is 31.2 Å². The number of hydrogen-bond acceptors (Lipinski definition) is 4. The van der Waals surface area contributed by atoms with Gasteiger partial charge in [-0.3, -0.25) is 9.78 Å². The summed E-state index contributed by atoms with van der Waals surface area (Å²) in [7, 11) is 1.28. The van der Waals surface area contributed by atoms with Crippen LogP contribution in [0.1, 0.15) is 23.0 Å². The van der Waals surface area contributed by atoms with E-state index in [-0.39, 0.29) is 5.91 Å². The van der Waals surface area contributed by atoms with Crippen LogP contribution in [0.2, 0.25) is 0 Å². The summed E-state index contributed by atoms with van der Waals surface area (Å²) in [6.07, 6.45) is 1.58. The van der Waals surface area contributed by atoms with E-state index < -0.39 is 12.0 Å². The molecule has 5 heteroatoms. The number of rotatable bonds is 3. The average Bonchev–Trinajstić information content (AvgIpc) is 2.46. The minimum Gasteiger partial charge on any atom is -0.467 e. The first kappa shape index (κ1) is 14.0. The van der Waals surface area contributed by atoms with Crippen molar-refractivity contribution < 1.29 is 14.3 Å². The Labute approximate surface area is 117 Å². The highest BCUT2D eigenvalue weighted by molar-refractivity contribution is 6.07. The second-order valence-electron chi connectivity index (χ2n) is 4.55. The summed E-state index contributed by atoms with van der Waals surface area (Å²) < 4.78 is 4.59. The quantitative estimate of drug-likeness (QED) is 0.866. The van der Waals surface area contributed by atoms with E-state index in [2.05, 4.69) is 15.0 Å². The number of fused-ring (bicyclic) bond motifs is 1. The molecule has 5 nitrogen and oxygen atoms in total. The van der Waals surface area contributed by atoms with Crippen molar-refractivity contribution in [2.24, 2.45) is 0 Å². The maximum absolute atomic E-state index is 12.3. The fourth-order valence-corrected chi connectivity index (χ4v) is 2.08. The number of ether oxygens (including phenoxy) is 1. The zero-order chi connectivity index (χ0) is 14.7. The van der Waals surface area contributed by atoms with Gasteiger partial charge in [-0.15, -0.1) is 0 Å². The van der Waals surface area contributed by atoms with Crippen LogP contribution in [0.15, 0.2) is 30.5 Å². The fraction of sp³-hybridized carbons (Fsp3) is 0.267. The van der Waals surface area contributed by atoms with Crippen molar-refractivity contribution in [3.8, 4) is 0 Å². The Morgan fingerprint density at radius 1 is 1.30 bits per heavy atom. The molecule has 1 unspecified atom stereocenters. The lowest BCUT2D eigenvalue weighted by Gasteiger charge is -2.13. The van der Waals surface area contributed by atoms with Crippen LogP contribution in [0.25, 0.3) is 10.8 Å². The van der Waals surface area contributed by atoms with E-state index in [0.717, 1.165) is 16.3 Å². The Kier molecular flexibility index (Phi) is 3.98. The van der Waals surface area contributed by atoms with Crippen LogP contribution in [-0.4, -0.2) is 30.0 Å². The van der Waals surface area contributed by atoms with E-state index in [9.17, 15) is 9.59 Å². The molecule has 0 radical (unpaired) electrons. The molecule has 1 N–H and O–H groups in total. The largest absolute Gasteiger partial charge is 0.467 e. The minimum atomic E-state index is -0.714. The number of hydrogen-bond donors (Lipinski definition) is 1. The molecule has 1 aromatic carbocycles. The molecule has 0 aliphatic carbocycles. The van der Waals surface area contributed by atoms with Gasteiger partial charge >= 0.3 is 5.97 Å². The number of carbonyl (C=O) groups excluding carboxylic acids is 2. The van der Waals surface area contributed by atoms with Crippen molar-refractivity contribution in [2.75, 3.05) is 7.11 Å². The fourth-order valence-electron chi connectivity index (χ4n) is 2.08. The maximum Gasteiger partial charge on any atom is 0.328 e. The molecule has 2 aromatic rings. The monoisotopic (exact) mass is 272 g/mol. The second kappa shape index (κ2) is 5.69. The predicted octanol–water partition coefficient (Wildman–Crippen LogP) is 1.83. The topological polar surface area (TPSA) is 68.3 Å².